The lowest BCUT2D eigenvalue weighted by Gasteiger charge is -2.19. The lowest BCUT2D eigenvalue weighted by Crippen LogP contribution is -2.30. The van der Waals surface area contributed by atoms with E-state index in [4.69, 9.17) is 9.84 Å². The number of aliphatic hydroxyl groups excluding tert-OH is 1. The molecule has 0 fully saturated rings. The number of ether oxygens (including phenoxy) is 1. The fourth-order valence-electron chi connectivity index (χ4n) is 0.888. The van der Waals surface area contributed by atoms with Crippen LogP contribution in [0.1, 0.15) is 6.42 Å². The predicted molar refractivity (Wildman–Crippen MR) is 39.8 cm³/mol. The van der Waals surface area contributed by atoms with Gasteiger partial charge in [-0.3, -0.25) is 4.79 Å². The standard InChI is InChI=1S/C8H10O3/c1-2-3-7-6(9)4-5-8(10)11-7/h2,4-5,7-8,10H,1,3H2. The zero-order valence-electron chi connectivity index (χ0n) is 6.06. The van der Waals surface area contributed by atoms with Crippen molar-refractivity contribution in [3.05, 3.63) is 24.8 Å². The van der Waals surface area contributed by atoms with Gasteiger partial charge >= 0.3 is 0 Å². The molecule has 1 rings (SSSR count). The van der Waals surface area contributed by atoms with Gasteiger partial charge in [-0.15, -0.1) is 6.58 Å². The molecule has 0 aromatic heterocycles. The highest BCUT2D eigenvalue weighted by Crippen LogP contribution is 2.10. The zero-order chi connectivity index (χ0) is 8.27. The van der Waals surface area contributed by atoms with Crippen LogP contribution >= 0.6 is 0 Å². The van der Waals surface area contributed by atoms with Gasteiger partial charge in [0.25, 0.3) is 0 Å². The molecule has 0 aromatic carbocycles. The summed E-state index contributed by atoms with van der Waals surface area (Å²) in [4.78, 5) is 11.0. The predicted octanol–water partition coefficient (Wildman–Crippen LogP) is 0.405. The largest absolute Gasteiger partial charge is 0.365 e. The van der Waals surface area contributed by atoms with Crippen LogP contribution in [0.2, 0.25) is 0 Å². The van der Waals surface area contributed by atoms with Gasteiger partial charge in [0, 0.05) is 0 Å². The summed E-state index contributed by atoms with van der Waals surface area (Å²) in [6.45, 7) is 3.48. The Hall–Kier alpha value is -0.930. The topological polar surface area (TPSA) is 46.5 Å². The van der Waals surface area contributed by atoms with E-state index in [1.165, 1.54) is 12.2 Å². The quantitative estimate of drug-likeness (QED) is 0.586. The van der Waals surface area contributed by atoms with Crippen molar-refractivity contribution in [3.8, 4) is 0 Å². The minimum absolute atomic E-state index is 0.116. The Labute approximate surface area is 65.0 Å². The van der Waals surface area contributed by atoms with Crippen LogP contribution in [0, 0.1) is 0 Å². The molecule has 3 heteroatoms. The van der Waals surface area contributed by atoms with Gasteiger partial charge in [0.05, 0.1) is 0 Å². The first-order valence-electron chi connectivity index (χ1n) is 3.40. The van der Waals surface area contributed by atoms with E-state index in [1.807, 2.05) is 0 Å². The van der Waals surface area contributed by atoms with Crippen LogP contribution in [-0.4, -0.2) is 23.3 Å². The number of ketones is 1. The molecule has 0 bridgehead atoms. The van der Waals surface area contributed by atoms with E-state index < -0.39 is 12.4 Å². The number of rotatable bonds is 2. The van der Waals surface area contributed by atoms with Crippen molar-refractivity contribution in [2.24, 2.45) is 0 Å². The van der Waals surface area contributed by atoms with Crippen LogP contribution in [0.5, 0.6) is 0 Å². The number of hydrogen-bond acceptors (Lipinski definition) is 3. The maximum absolute atomic E-state index is 11.0. The third-order valence-electron chi connectivity index (χ3n) is 1.43. The van der Waals surface area contributed by atoms with Gasteiger partial charge in [-0.2, -0.15) is 0 Å². The fraction of sp³-hybridized carbons (Fsp3) is 0.375. The van der Waals surface area contributed by atoms with Gasteiger partial charge in [-0.1, -0.05) is 6.08 Å². The van der Waals surface area contributed by atoms with E-state index in [0.29, 0.717) is 6.42 Å². The molecular formula is C8H10O3. The third kappa shape index (κ3) is 2.00. The fourth-order valence-corrected chi connectivity index (χ4v) is 0.888. The molecule has 0 saturated carbocycles. The van der Waals surface area contributed by atoms with Gasteiger partial charge in [0.2, 0.25) is 0 Å². The van der Waals surface area contributed by atoms with Crippen molar-refractivity contribution < 1.29 is 14.6 Å². The highest BCUT2D eigenvalue weighted by atomic mass is 16.6. The molecular weight excluding hydrogens is 144 g/mol. The van der Waals surface area contributed by atoms with Gasteiger partial charge in [0.1, 0.15) is 6.10 Å². The van der Waals surface area contributed by atoms with Crippen LogP contribution in [0.3, 0.4) is 0 Å². The van der Waals surface area contributed by atoms with E-state index in [2.05, 4.69) is 6.58 Å². The number of carbonyl (C=O) groups excluding carboxylic acids is 1. The van der Waals surface area contributed by atoms with E-state index >= 15 is 0 Å². The second kappa shape index (κ2) is 3.46. The van der Waals surface area contributed by atoms with Crippen LogP contribution in [0.15, 0.2) is 24.8 Å². The van der Waals surface area contributed by atoms with Crippen molar-refractivity contribution in [1.82, 2.24) is 0 Å². The minimum Gasteiger partial charge on any atom is -0.365 e. The molecule has 1 heterocycles. The Morgan fingerprint density at radius 2 is 2.55 bits per heavy atom. The summed E-state index contributed by atoms with van der Waals surface area (Å²) in [5.74, 6) is -0.116. The summed E-state index contributed by atoms with van der Waals surface area (Å²) in [5.41, 5.74) is 0. The average molecular weight is 154 g/mol. The van der Waals surface area contributed by atoms with Crippen LogP contribution in [-0.2, 0) is 9.53 Å². The Balaban J connectivity index is 2.60. The first kappa shape index (κ1) is 8.17. The first-order chi connectivity index (χ1) is 5.24. The Morgan fingerprint density at radius 1 is 1.82 bits per heavy atom. The highest BCUT2D eigenvalue weighted by molar-refractivity contribution is 5.94. The van der Waals surface area contributed by atoms with Crippen molar-refractivity contribution in [1.29, 1.82) is 0 Å². The smallest absolute Gasteiger partial charge is 0.184 e. The first-order valence-corrected chi connectivity index (χ1v) is 3.40. The molecule has 0 amide bonds. The Bertz CT molecular complexity index is 196. The molecule has 1 N–H and O–H groups in total. The van der Waals surface area contributed by atoms with Gasteiger partial charge in [0.15, 0.2) is 12.1 Å². The molecule has 60 valence electrons. The van der Waals surface area contributed by atoms with Crippen LogP contribution in [0.25, 0.3) is 0 Å². The SMILES string of the molecule is C=CCC1OC(O)C=CC1=O. The lowest BCUT2D eigenvalue weighted by molar-refractivity contribution is -0.147. The summed E-state index contributed by atoms with van der Waals surface area (Å²) < 4.78 is 4.89. The molecule has 0 saturated heterocycles. The Morgan fingerprint density at radius 3 is 3.18 bits per heavy atom. The van der Waals surface area contributed by atoms with Crippen molar-refractivity contribution in [2.45, 2.75) is 18.8 Å². The molecule has 2 atom stereocenters. The molecule has 3 nitrogen and oxygen atoms in total. The third-order valence-corrected chi connectivity index (χ3v) is 1.43. The summed E-state index contributed by atoms with van der Waals surface area (Å²) in [6.07, 6.45) is 3.20. The zero-order valence-corrected chi connectivity index (χ0v) is 6.06. The van der Waals surface area contributed by atoms with Crippen LogP contribution in [0.4, 0.5) is 0 Å². The second-order valence-electron chi connectivity index (χ2n) is 2.30. The lowest BCUT2D eigenvalue weighted by atomic mass is 10.1. The van der Waals surface area contributed by atoms with Crippen LogP contribution < -0.4 is 0 Å². The summed E-state index contributed by atoms with van der Waals surface area (Å²) in [7, 11) is 0. The van der Waals surface area contributed by atoms with Crippen molar-refractivity contribution in [3.63, 3.8) is 0 Å². The molecule has 1 aliphatic heterocycles. The molecule has 1 aliphatic rings. The maximum Gasteiger partial charge on any atom is 0.184 e. The number of carbonyl (C=O) groups is 1. The van der Waals surface area contributed by atoms with Gasteiger partial charge < -0.3 is 9.84 Å². The number of hydrogen-bond donors (Lipinski definition) is 1. The molecule has 11 heavy (non-hydrogen) atoms. The molecule has 0 radical (unpaired) electrons. The normalized spacial score (nSPS) is 30.5. The van der Waals surface area contributed by atoms with Gasteiger partial charge in [-0.05, 0) is 18.6 Å². The van der Waals surface area contributed by atoms with E-state index in [-0.39, 0.29) is 5.78 Å². The molecule has 0 aliphatic carbocycles. The highest BCUT2D eigenvalue weighted by Gasteiger charge is 2.21. The van der Waals surface area contributed by atoms with Gasteiger partial charge in [-0.25, -0.2) is 0 Å². The van der Waals surface area contributed by atoms with E-state index in [1.54, 1.807) is 6.08 Å². The summed E-state index contributed by atoms with van der Waals surface area (Å²) >= 11 is 0. The van der Waals surface area contributed by atoms with Crippen molar-refractivity contribution in [2.75, 3.05) is 0 Å². The molecule has 2 unspecified atom stereocenters. The average Bonchev–Trinajstić information content (AvgIpc) is 1.98. The Kier molecular flexibility index (Phi) is 2.57. The summed E-state index contributed by atoms with van der Waals surface area (Å²) in [6, 6.07) is 0. The molecule has 0 aromatic rings. The molecule has 0 spiro atoms. The van der Waals surface area contributed by atoms with Crippen molar-refractivity contribution >= 4 is 5.78 Å². The number of aliphatic hydroxyl groups is 1. The second-order valence-corrected chi connectivity index (χ2v) is 2.30. The minimum atomic E-state index is -0.947. The monoisotopic (exact) mass is 154 g/mol. The van der Waals surface area contributed by atoms with E-state index in [9.17, 15) is 4.79 Å². The maximum atomic E-state index is 11.0. The summed E-state index contributed by atoms with van der Waals surface area (Å²) in [5, 5.41) is 8.93. The van der Waals surface area contributed by atoms with E-state index in [0.717, 1.165) is 0 Å².